The van der Waals surface area contributed by atoms with Crippen LogP contribution in [0.15, 0.2) is 24.3 Å². The first-order valence-corrected chi connectivity index (χ1v) is 8.51. The number of benzene rings is 1. The van der Waals surface area contributed by atoms with E-state index in [1.165, 1.54) is 0 Å². The second-order valence-corrected chi connectivity index (χ2v) is 6.32. The normalized spacial score (nSPS) is 20.0. The molecule has 0 radical (unpaired) electrons. The van der Waals surface area contributed by atoms with E-state index in [4.69, 9.17) is 4.74 Å². The molecular formula is C18H24N2O3. The number of nitrogens with one attached hydrogen (secondary N) is 1. The lowest BCUT2D eigenvalue weighted by molar-refractivity contribution is -0.129. The smallest absolute Gasteiger partial charge is 0.263 e. The van der Waals surface area contributed by atoms with Crippen molar-refractivity contribution in [3.05, 3.63) is 24.3 Å². The molecule has 1 aliphatic carbocycles. The third-order valence-corrected chi connectivity index (χ3v) is 4.59. The maximum absolute atomic E-state index is 12.6. The van der Waals surface area contributed by atoms with Gasteiger partial charge >= 0.3 is 0 Å². The third-order valence-electron chi connectivity index (χ3n) is 4.59. The Morgan fingerprint density at radius 2 is 1.96 bits per heavy atom. The Hall–Kier alpha value is -2.04. The van der Waals surface area contributed by atoms with Gasteiger partial charge in [-0.25, -0.2) is 0 Å². The van der Waals surface area contributed by atoms with Crippen molar-refractivity contribution in [1.29, 1.82) is 0 Å². The number of para-hydroxylation sites is 2. The van der Waals surface area contributed by atoms with Crippen LogP contribution in [0.25, 0.3) is 0 Å². The Morgan fingerprint density at radius 3 is 2.61 bits per heavy atom. The fourth-order valence-corrected chi connectivity index (χ4v) is 2.92. The molecule has 0 bridgehead atoms. The average molecular weight is 316 g/mol. The van der Waals surface area contributed by atoms with Gasteiger partial charge in [0.05, 0.1) is 12.2 Å². The van der Waals surface area contributed by atoms with Crippen LogP contribution in [-0.2, 0) is 9.59 Å². The largest absolute Gasteiger partial charge is 0.477 e. The van der Waals surface area contributed by atoms with E-state index in [1.54, 1.807) is 4.90 Å². The molecule has 1 aliphatic heterocycles. The van der Waals surface area contributed by atoms with Crippen LogP contribution in [0.3, 0.4) is 0 Å². The first-order valence-electron chi connectivity index (χ1n) is 8.51. The molecule has 5 heteroatoms. The van der Waals surface area contributed by atoms with Crippen LogP contribution in [0, 0.1) is 5.92 Å². The Balaban J connectivity index is 1.79. The molecule has 2 aliphatic rings. The van der Waals surface area contributed by atoms with E-state index >= 15 is 0 Å². The van der Waals surface area contributed by atoms with Crippen molar-refractivity contribution in [2.75, 3.05) is 11.4 Å². The van der Waals surface area contributed by atoms with Gasteiger partial charge in [0.1, 0.15) is 5.75 Å². The molecule has 0 spiro atoms. The number of carbonyl (C=O) groups excluding carboxylic acids is 2. The number of amides is 2. The van der Waals surface area contributed by atoms with Gasteiger partial charge in [0.15, 0.2) is 6.10 Å². The summed E-state index contributed by atoms with van der Waals surface area (Å²) in [5.41, 5.74) is 0.774. The topological polar surface area (TPSA) is 58.6 Å². The molecule has 1 aromatic rings. The molecule has 0 aromatic heterocycles. The van der Waals surface area contributed by atoms with Gasteiger partial charge in [-0.15, -0.1) is 0 Å². The molecule has 3 rings (SSSR count). The van der Waals surface area contributed by atoms with Crippen molar-refractivity contribution in [1.82, 2.24) is 5.32 Å². The number of nitrogens with zero attached hydrogens (tertiary/aromatic N) is 1. The molecule has 23 heavy (non-hydrogen) atoms. The fourth-order valence-electron chi connectivity index (χ4n) is 2.92. The Kier molecular flexibility index (Phi) is 4.55. The van der Waals surface area contributed by atoms with E-state index in [1.807, 2.05) is 38.1 Å². The zero-order valence-corrected chi connectivity index (χ0v) is 13.7. The van der Waals surface area contributed by atoms with Crippen LogP contribution in [0.5, 0.6) is 5.75 Å². The molecule has 2 amide bonds. The minimum absolute atomic E-state index is 0.112. The number of rotatable bonds is 5. The van der Waals surface area contributed by atoms with Crippen LogP contribution in [-0.4, -0.2) is 30.5 Å². The van der Waals surface area contributed by atoms with Gasteiger partial charge in [-0.05, 0) is 37.8 Å². The molecule has 1 aromatic carbocycles. The van der Waals surface area contributed by atoms with Crippen molar-refractivity contribution in [2.45, 2.75) is 51.7 Å². The van der Waals surface area contributed by atoms with Crippen LogP contribution in [0.1, 0.15) is 39.5 Å². The first kappa shape index (κ1) is 15.8. The number of anilines is 1. The Bertz CT molecular complexity index is 594. The number of carbonyl (C=O) groups is 2. The Labute approximate surface area is 137 Å². The Morgan fingerprint density at radius 1 is 1.26 bits per heavy atom. The van der Waals surface area contributed by atoms with E-state index in [-0.39, 0.29) is 23.8 Å². The lowest BCUT2D eigenvalue weighted by atomic mass is 10.1. The minimum Gasteiger partial charge on any atom is -0.477 e. The fraction of sp³-hybridized carbons (Fsp3) is 0.556. The van der Waals surface area contributed by atoms with Crippen LogP contribution >= 0.6 is 0 Å². The van der Waals surface area contributed by atoms with Crippen molar-refractivity contribution in [2.24, 2.45) is 5.92 Å². The zero-order chi connectivity index (χ0) is 16.4. The summed E-state index contributed by atoms with van der Waals surface area (Å²) in [5, 5.41) is 3.02. The summed E-state index contributed by atoms with van der Waals surface area (Å²) >= 11 is 0. The van der Waals surface area contributed by atoms with Crippen molar-refractivity contribution >= 4 is 17.5 Å². The zero-order valence-electron chi connectivity index (χ0n) is 13.7. The molecule has 1 heterocycles. The summed E-state index contributed by atoms with van der Waals surface area (Å²) in [5.74, 6) is 0.698. The highest BCUT2D eigenvalue weighted by molar-refractivity contribution is 5.99. The van der Waals surface area contributed by atoms with Gasteiger partial charge in [0.2, 0.25) is 5.91 Å². The molecular weight excluding hydrogens is 292 g/mol. The molecule has 124 valence electrons. The minimum atomic E-state index is -0.645. The molecule has 1 saturated carbocycles. The highest BCUT2D eigenvalue weighted by Crippen LogP contribution is 2.38. The third kappa shape index (κ3) is 3.33. The highest BCUT2D eigenvalue weighted by atomic mass is 16.5. The van der Waals surface area contributed by atoms with E-state index in [0.717, 1.165) is 31.4 Å². The monoisotopic (exact) mass is 316 g/mol. The standard InChI is InChI=1S/C18H24N2O3/c1-3-13(4-2)19-17(21)16-11-20(18(22)12-9-10-12)14-7-5-6-8-15(14)23-16/h5-8,12-13,16H,3-4,9-11H2,1-2H3,(H,19,21). The van der Waals surface area contributed by atoms with Crippen LogP contribution in [0.4, 0.5) is 5.69 Å². The van der Waals surface area contributed by atoms with Crippen molar-refractivity contribution in [3.8, 4) is 5.75 Å². The summed E-state index contributed by atoms with van der Waals surface area (Å²) in [6, 6.07) is 7.60. The average Bonchev–Trinajstić information content (AvgIpc) is 3.42. The van der Waals surface area contributed by atoms with E-state index in [9.17, 15) is 9.59 Å². The van der Waals surface area contributed by atoms with Crippen molar-refractivity contribution in [3.63, 3.8) is 0 Å². The summed E-state index contributed by atoms with van der Waals surface area (Å²) < 4.78 is 5.86. The van der Waals surface area contributed by atoms with Gasteiger partial charge in [0, 0.05) is 12.0 Å². The van der Waals surface area contributed by atoms with Gasteiger partial charge in [-0.1, -0.05) is 26.0 Å². The van der Waals surface area contributed by atoms with E-state index < -0.39 is 6.10 Å². The number of ether oxygens (including phenoxy) is 1. The van der Waals surface area contributed by atoms with Gasteiger partial charge in [-0.3, -0.25) is 9.59 Å². The number of hydrogen-bond donors (Lipinski definition) is 1. The molecule has 0 saturated heterocycles. The SMILES string of the molecule is CCC(CC)NC(=O)C1CN(C(=O)C2CC2)c2ccccc2O1. The molecule has 5 nitrogen and oxygen atoms in total. The van der Waals surface area contributed by atoms with Gasteiger partial charge in [0.25, 0.3) is 5.91 Å². The van der Waals surface area contributed by atoms with Crippen LogP contribution < -0.4 is 15.0 Å². The second kappa shape index (κ2) is 6.60. The predicted molar refractivity (Wildman–Crippen MR) is 88.4 cm³/mol. The second-order valence-electron chi connectivity index (χ2n) is 6.32. The summed E-state index contributed by atoms with van der Waals surface area (Å²) in [7, 11) is 0. The van der Waals surface area contributed by atoms with Crippen LogP contribution in [0.2, 0.25) is 0 Å². The number of hydrogen-bond acceptors (Lipinski definition) is 3. The van der Waals surface area contributed by atoms with Crippen molar-refractivity contribution < 1.29 is 14.3 Å². The first-order chi connectivity index (χ1) is 11.1. The molecule has 1 unspecified atom stereocenters. The molecule has 1 N–H and O–H groups in total. The maximum Gasteiger partial charge on any atom is 0.263 e. The molecule has 1 fully saturated rings. The quantitative estimate of drug-likeness (QED) is 0.908. The van der Waals surface area contributed by atoms with Gasteiger partial charge < -0.3 is 15.0 Å². The lowest BCUT2D eigenvalue weighted by Crippen LogP contribution is -2.52. The summed E-state index contributed by atoms with van der Waals surface area (Å²) in [6.45, 7) is 4.39. The predicted octanol–water partition coefficient (Wildman–Crippen LogP) is 2.50. The maximum atomic E-state index is 12.6. The highest BCUT2D eigenvalue weighted by Gasteiger charge is 2.40. The van der Waals surface area contributed by atoms with Gasteiger partial charge in [-0.2, -0.15) is 0 Å². The summed E-state index contributed by atoms with van der Waals surface area (Å²) in [6.07, 6.45) is 3.02. The van der Waals surface area contributed by atoms with E-state index in [2.05, 4.69) is 5.32 Å². The van der Waals surface area contributed by atoms with E-state index in [0.29, 0.717) is 12.3 Å². The summed E-state index contributed by atoms with van der Waals surface area (Å²) in [4.78, 5) is 26.8. The lowest BCUT2D eigenvalue weighted by Gasteiger charge is -2.34. The number of fused-ring (bicyclic) bond motifs is 1. The molecule has 1 atom stereocenters.